The van der Waals surface area contributed by atoms with Gasteiger partial charge in [0.1, 0.15) is 5.37 Å². The average molecular weight is 477 g/mol. The third kappa shape index (κ3) is 5.54. The number of ether oxygens (including phenoxy) is 2. The molecule has 7 heteroatoms. The summed E-state index contributed by atoms with van der Waals surface area (Å²) >= 11 is 1.62. The second-order valence-electron chi connectivity index (χ2n) is 7.99. The minimum atomic E-state index is -0.122. The lowest BCUT2D eigenvalue weighted by atomic mass is 10.1. The fourth-order valence-corrected chi connectivity index (χ4v) is 5.13. The number of hydrogen-bond donors (Lipinski definition) is 1. The first-order valence-corrected chi connectivity index (χ1v) is 12.2. The van der Waals surface area contributed by atoms with Gasteiger partial charge in [-0.05, 0) is 47.4 Å². The van der Waals surface area contributed by atoms with Crippen molar-refractivity contribution >= 4 is 23.6 Å². The number of thioether (sulfide) groups is 1. The van der Waals surface area contributed by atoms with E-state index in [9.17, 15) is 9.59 Å². The van der Waals surface area contributed by atoms with Crippen molar-refractivity contribution in [2.75, 3.05) is 26.5 Å². The molecule has 0 radical (unpaired) electrons. The van der Waals surface area contributed by atoms with Crippen molar-refractivity contribution in [3.63, 3.8) is 0 Å². The van der Waals surface area contributed by atoms with E-state index in [0.717, 1.165) is 16.7 Å². The molecule has 0 bridgehead atoms. The Morgan fingerprint density at radius 2 is 1.71 bits per heavy atom. The number of hydrogen-bond acceptors (Lipinski definition) is 5. The van der Waals surface area contributed by atoms with Gasteiger partial charge < -0.3 is 19.7 Å². The molecule has 1 N–H and O–H groups in total. The van der Waals surface area contributed by atoms with Gasteiger partial charge in [-0.2, -0.15) is 0 Å². The highest BCUT2D eigenvalue weighted by molar-refractivity contribution is 8.00. The average Bonchev–Trinajstić information content (AvgIpc) is 3.24. The molecule has 0 aromatic heterocycles. The van der Waals surface area contributed by atoms with E-state index in [-0.39, 0.29) is 17.2 Å². The minimum Gasteiger partial charge on any atom is -0.493 e. The standard InChI is InChI=1S/C27H28N2O4S/c1-32-23-13-8-19(16-24(23)33-2)14-15-28-26(31)21-9-11-22(12-10-21)27-29(25(30)18-34-27)17-20-6-4-3-5-7-20/h3-13,16,27H,14-15,17-18H2,1-2H3,(H,28,31)/t27-/m1/s1. The molecule has 0 spiro atoms. The number of nitrogens with zero attached hydrogens (tertiary/aromatic N) is 1. The first kappa shape index (κ1) is 23.7. The lowest BCUT2D eigenvalue weighted by Crippen LogP contribution is -2.28. The molecule has 6 nitrogen and oxygen atoms in total. The smallest absolute Gasteiger partial charge is 0.251 e. The number of carbonyl (C=O) groups excluding carboxylic acids is 2. The van der Waals surface area contributed by atoms with Gasteiger partial charge in [0, 0.05) is 18.7 Å². The lowest BCUT2D eigenvalue weighted by molar-refractivity contribution is -0.128. The van der Waals surface area contributed by atoms with Crippen LogP contribution in [0.3, 0.4) is 0 Å². The molecular formula is C27H28N2O4S. The van der Waals surface area contributed by atoms with Gasteiger partial charge in [0.2, 0.25) is 5.91 Å². The summed E-state index contributed by atoms with van der Waals surface area (Å²) in [5.41, 5.74) is 3.78. The highest BCUT2D eigenvalue weighted by Crippen LogP contribution is 2.39. The van der Waals surface area contributed by atoms with Crippen molar-refractivity contribution in [2.24, 2.45) is 0 Å². The molecular weight excluding hydrogens is 448 g/mol. The first-order chi connectivity index (χ1) is 16.6. The maximum atomic E-state index is 12.6. The topological polar surface area (TPSA) is 67.9 Å². The highest BCUT2D eigenvalue weighted by atomic mass is 32.2. The van der Waals surface area contributed by atoms with Gasteiger partial charge >= 0.3 is 0 Å². The largest absolute Gasteiger partial charge is 0.493 e. The molecule has 2 amide bonds. The molecule has 1 aliphatic heterocycles. The van der Waals surface area contributed by atoms with Crippen molar-refractivity contribution in [3.05, 3.63) is 95.1 Å². The van der Waals surface area contributed by atoms with Crippen LogP contribution in [-0.2, 0) is 17.8 Å². The molecule has 176 valence electrons. The maximum Gasteiger partial charge on any atom is 0.251 e. The van der Waals surface area contributed by atoms with Crippen LogP contribution >= 0.6 is 11.8 Å². The predicted octanol–water partition coefficient (Wildman–Crippen LogP) is 4.45. The van der Waals surface area contributed by atoms with Gasteiger partial charge in [0.25, 0.3) is 5.91 Å². The zero-order valence-electron chi connectivity index (χ0n) is 19.3. The van der Waals surface area contributed by atoms with Crippen LogP contribution < -0.4 is 14.8 Å². The second-order valence-corrected chi connectivity index (χ2v) is 9.06. The van der Waals surface area contributed by atoms with Crippen LogP contribution in [0.2, 0.25) is 0 Å². The van der Waals surface area contributed by atoms with E-state index >= 15 is 0 Å². The Bertz CT molecular complexity index is 1140. The van der Waals surface area contributed by atoms with Gasteiger partial charge in [-0.1, -0.05) is 48.5 Å². The Hall–Kier alpha value is -3.45. The lowest BCUT2D eigenvalue weighted by Gasteiger charge is -2.24. The summed E-state index contributed by atoms with van der Waals surface area (Å²) in [6.07, 6.45) is 0.680. The van der Waals surface area contributed by atoms with Gasteiger partial charge in [-0.25, -0.2) is 0 Å². The van der Waals surface area contributed by atoms with Crippen molar-refractivity contribution < 1.29 is 19.1 Å². The van der Waals surface area contributed by atoms with E-state index in [1.54, 1.807) is 26.0 Å². The molecule has 1 fully saturated rings. The van der Waals surface area contributed by atoms with E-state index in [0.29, 0.717) is 42.3 Å². The fraction of sp³-hybridized carbons (Fsp3) is 0.259. The SMILES string of the molecule is COc1ccc(CCNC(=O)c2ccc([C@H]3SCC(=O)N3Cc3ccccc3)cc2)cc1OC. The molecule has 3 aromatic carbocycles. The van der Waals surface area contributed by atoms with Crippen LogP contribution in [0.4, 0.5) is 0 Å². The van der Waals surface area contributed by atoms with Crippen LogP contribution in [0, 0.1) is 0 Å². The monoisotopic (exact) mass is 476 g/mol. The zero-order chi connectivity index (χ0) is 23.9. The summed E-state index contributed by atoms with van der Waals surface area (Å²) in [6.45, 7) is 1.09. The van der Waals surface area contributed by atoms with Crippen LogP contribution in [0.25, 0.3) is 0 Å². The quantitative estimate of drug-likeness (QED) is 0.494. The molecule has 0 saturated carbocycles. The fourth-order valence-electron chi connectivity index (χ4n) is 3.94. The van der Waals surface area contributed by atoms with Gasteiger partial charge in [-0.15, -0.1) is 11.8 Å². The minimum absolute atomic E-state index is 0.0464. The first-order valence-electron chi connectivity index (χ1n) is 11.1. The summed E-state index contributed by atoms with van der Waals surface area (Å²) in [5.74, 6) is 1.83. The van der Waals surface area contributed by atoms with Crippen molar-refractivity contribution in [1.29, 1.82) is 0 Å². The number of amides is 2. The second kappa shape index (κ2) is 11.1. The van der Waals surface area contributed by atoms with Gasteiger partial charge in [0.05, 0.1) is 20.0 Å². The zero-order valence-corrected chi connectivity index (χ0v) is 20.1. The molecule has 1 saturated heterocycles. The summed E-state index contributed by atoms with van der Waals surface area (Å²) in [6, 6.07) is 23.3. The van der Waals surface area contributed by atoms with Crippen molar-refractivity contribution in [2.45, 2.75) is 18.3 Å². The predicted molar refractivity (Wildman–Crippen MR) is 134 cm³/mol. The Balaban J connectivity index is 1.34. The van der Waals surface area contributed by atoms with E-state index in [2.05, 4.69) is 5.32 Å². The summed E-state index contributed by atoms with van der Waals surface area (Å²) < 4.78 is 10.6. The van der Waals surface area contributed by atoms with Gasteiger partial charge in [-0.3, -0.25) is 9.59 Å². The van der Waals surface area contributed by atoms with Crippen molar-refractivity contribution in [1.82, 2.24) is 10.2 Å². The molecule has 0 aliphatic carbocycles. The molecule has 4 rings (SSSR count). The van der Waals surface area contributed by atoms with E-state index in [1.165, 1.54) is 0 Å². The number of nitrogens with one attached hydrogen (secondary N) is 1. The van der Waals surface area contributed by atoms with Crippen LogP contribution in [0.15, 0.2) is 72.8 Å². The molecule has 34 heavy (non-hydrogen) atoms. The van der Waals surface area contributed by atoms with Crippen LogP contribution in [-0.4, -0.2) is 43.2 Å². The van der Waals surface area contributed by atoms with Crippen LogP contribution in [0.1, 0.15) is 32.4 Å². The number of benzene rings is 3. The number of methoxy groups -OCH3 is 2. The van der Waals surface area contributed by atoms with E-state index < -0.39 is 0 Å². The van der Waals surface area contributed by atoms with Crippen LogP contribution in [0.5, 0.6) is 11.5 Å². The van der Waals surface area contributed by atoms with E-state index in [4.69, 9.17) is 9.47 Å². The molecule has 1 aliphatic rings. The normalized spacial score (nSPS) is 15.3. The van der Waals surface area contributed by atoms with E-state index in [1.807, 2.05) is 77.7 Å². The molecule has 1 heterocycles. The third-order valence-corrected chi connectivity index (χ3v) is 7.03. The molecule has 3 aromatic rings. The highest BCUT2D eigenvalue weighted by Gasteiger charge is 2.32. The molecule has 1 atom stereocenters. The summed E-state index contributed by atoms with van der Waals surface area (Å²) in [7, 11) is 3.21. The van der Waals surface area contributed by atoms with Crippen molar-refractivity contribution in [3.8, 4) is 11.5 Å². The maximum absolute atomic E-state index is 12.6. The van der Waals surface area contributed by atoms with Gasteiger partial charge in [0.15, 0.2) is 11.5 Å². The Morgan fingerprint density at radius 1 is 0.971 bits per heavy atom. The summed E-state index contributed by atoms with van der Waals surface area (Å²) in [5, 5.41) is 2.92. The summed E-state index contributed by atoms with van der Waals surface area (Å²) in [4.78, 5) is 27.0. The number of carbonyl (C=O) groups is 2. The number of rotatable bonds is 9. The Labute approximate surface area is 204 Å². The Kier molecular flexibility index (Phi) is 7.75. The Morgan fingerprint density at radius 3 is 2.41 bits per heavy atom. The molecule has 0 unspecified atom stereocenters. The third-order valence-electron chi connectivity index (χ3n) is 5.77.